The van der Waals surface area contributed by atoms with E-state index < -0.39 is 12.1 Å². The van der Waals surface area contributed by atoms with Crippen molar-refractivity contribution in [1.29, 1.82) is 0 Å². The minimum Gasteiger partial charge on any atom is -0.469 e. The highest BCUT2D eigenvalue weighted by Crippen LogP contribution is 2.06. The molecular weight excluding hydrogens is 172 g/mol. The summed E-state index contributed by atoms with van der Waals surface area (Å²) < 4.78 is 5.05. The zero-order chi connectivity index (χ0) is 9.26. The molecular formula is C8H8N2O3. The zero-order valence-corrected chi connectivity index (χ0v) is 6.74. The first-order valence-corrected chi connectivity index (χ1v) is 3.89. The molecule has 5 nitrogen and oxygen atoms in total. The zero-order valence-electron chi connectivity index (χ0n) is 6.74. The third-order valence-corrected chi connectivity index (χ3v) is 1.84. The van der Waals surface area contributed by atoms with Crippen molar-refractivity contribution in [2.75, 3.05) is 0 Å². The number of amides is 3. The molecule has 1 aliphatic heterocycles. The lowest BCUT2D eigenvalue weighted by Gasteiger charge is -2.02. The van der Waals surface area contributed by atoms with Crippen LogP contribution in [-0.4, -0.2) is 18.0 Å². The summed E-state index contributed by atoms with van der Waals surface area (Å²) in [5, 5.41) is 4.63. The number of nitrogens with one attached hydrogen (secondary N) is 2. The van der Waals surface area contributed by atoms with Crippen LogP contribution in [-0.2, 0) is 11.2 Å². The Morgan fingerprint density at radius 3 is 2.85 bits per heavy atom. The molecule has 2 rings (SSSR count). The van der Waals surface area contributed by atoms with E-state index >= 15 is 0 Å². The second kappa shape index (κ2) is 2.93. The molecule has 2 heterocycles. The molecule has 0 spiro atoms. The number of hydrogen-bond donors (Lipinski definition) is 2. The lowest BCUT2D eigenvalue weighted by atomic mass is 10.2. The maximum absolute atomic E-state index is 11.1. The minimum atomic E-state index is -0.501. The fourth-order valence-corrected chi connectivity index (χ4v) is 1.23. The summed E-state index contributed by atoms with van der Waals surface area (Å²) in [6.45, 7) is 0. The van der Waals surface area contributed by atoms with Crippen LogP contribution in [0.5, 0.6) is 0 Å². The van der Waals surface area contributed by atoms with Crippen molar-refractivity contribution in [3.63, 3.8) is 0 Å². The van der Waals surface area contributed by atoms with Crippen LogP contribution in [0.25, 0.3) is 0 Å². The van der Waals surface area contributed by atoms with Crippen LogP contribution in [0, 0.1) is 0 Å². The van der Waals surface area contributed by atoms with Gasteiger partial charge in [0, 0.05) is 6.42 Å². The molecule has 2 N–H and O–H groups in total. The SMILES string of the molecule is O=C1NC(=O)C(Cc2ccco2)N1. The first-order valence-electron chi connectivity index (χ1n) is 3.89. The van der Waals surface area contributed by atoms with Gasteiger partial charge < -0.3 is 9.73 Å². The Morgan fingerprint density at radius 1 is 1.46 bits per heavy atom. The molecule has 13 heavy (non-hydrogen) atoms. The molecule has 0 aliphatic carbocycles. The minimum absolute atomic E-state index is 0.304. The van der Waals surface area contributed by atoms with Crippen LogP contribution >= 0.6 is 0 Å². The van der Waals surface area contributed by atoms with Gasteiger partial charge in [-0.05, 0) is 12.1 Å². The van der Waals surface area contributed by atoms with E-state index in [2.05, 4.69) is 10.6 Å². The molecule has 1 aliphatic rings. The molecule has 1 aromatic rings. The largest absolute Gasteiger partial charge is 0.469 e. The van der Waals surface area contributed by atoms with Gasteiger partial charge in [-0.2, -0.15) is 0 Å². The smallest absolute Gasteiger partial charge is 0.322 e. The van der Waals surface area contributed by atoms with Crippen molar-refractivity contribution in [2.45, 2.75) is 12.5 Å². The van der Waals surface area contributed by atoms with Crippen molar-refractivity contribution in [1.82, 2.24) is 10.6 Å². The third kappa shape index (κ3) is 1.53. The Balaban J connectivity index is 2.03. The highest BCUT2D eigenvalue weighted by atomic mass is 16.3. The number of urea groups is 1. The predicted molar refractivity (Wildman–Crippen MR) is 42.9 cm³/mol. The molecule has 0 bridgehead atoms. The number of furan rings is 1. The van der Waals surface area contributed by atoms with Crippen LogP contribution in [0.15, 0.2) is 22.8 Å². The monoisotopic (exact) mass is 180 g/mol. The lowest BCUT2D eigenvalue weighted by Crippen LogP contribution is -2.30. The Labute approximate surface area is 74.1 Å². The van der Waals surface area contributed by atoms with E-state index in [9.17, 15) is 9.59 Å². The number of rotatable bonds is 2. The van der Waals surface area contributed by atoms with Gasteiger partial charge in [-0.25, -0.2) is 4.79 Å². The number of imide groups is 1. The summed E-state index contributed by atoms with van der Waals surface area (Å²) >= 11 is 0. The van der Waals surface area contributed by atoms with Gasteiger partial charge in [0.15, 0.2) is 0 Å². The standard InChI is InChI=1S/C8H8N2O3/c11-7-6(9-8(12)10-7)4-5-2-1-3-13-5/h1-3,6H,4H2,(H2,9,10,11,12). The molecule has 0 aromatic carbocycles. The summed E-state index contributed by atoms with van der Waals surface area (Å²) in [4.78, 5) is 21.8. The molecule has 5 heteroatoms. The molecule has 1 aromatic heterocycles. The number of carbonyl (C=O) groups excluding carboxylic acids is 2. The first kappa shape index (κ1) is 7.85. The highest BCUT2D eigenvalue weighted by Gasteiger charge is 2.29. The van der Waals surface area contributed by atoms with Gasteiger partial charge in [0.25, 0.3) is 5.91 Å². The van der Waals surface area contributed by atoms with Crippen LogP contribution < -0.4 is 10.6 Å². The summed E-state index contributed by atoms with van der Waals surface area (Å²) in [5.41, 5.74) is 0. The fourth-order valence-electron chi connectivity index (χ4n) is 1.23. The van der Waals surface area contributed by atoms with Crippen molar-refractivity contribution in [3.05, 3.63) is 24.2 Å². The van der Waals surface area contributed by atoms with Gasteiger partial charge in [0.1, 0.15) is 11.8 Å². The quantitative estimate of drug-likeness (QED) is 0.631. The van der Waals surface area contributed by atoms with Crippen LogP contribution in [0.2, 0.25) is 0 Å². The van der Waals surface area contributed by atoms with Gasteiger partial charge in [-0.3, -0.25) is 10.1 Å². The van der Waals surface area contributed by atoms with Crippen molar-refractivity contribution in [2.24, 2.45) is 0 Å². The predicted octanol–water partition coefficient (Wildman–Crippen LogP) is 0.0301. The van der Waals surface area contributed by atoms with E-state index in [1.807, 2.05) is 0 Å². The fraction of sp³-hybridized carbons (Fsp3) is 0.250. The van der Waals surface area contributed by atoms with Crippen molar-refractivity contribution < 1.29 is 14.0 Å². The Morgan fingerprint density at radius 2 is 2.31 bits per heavy atom. The molecule has 1 unspecified atom stereocenters. The lowest BCUT2D eigenvalue weighted by molar-refractivity contribution is -0.120. The van der Waals surface area contributed by atoms with Gasteiger partial charge in [-0.1, -0.05) is 0 Å². The summed E-state index contributed by atoms with van der Waals surface area (Å²) in [5.74, 6) is 0.378. The maximum atomic E-state index is 11.1. The van der Waals surface area contributed by atoms with E-state index in [1.165, 1.54) is 6.26 Å². The Kier molecular flexibility index (Phi) is 1.77. The average Bonchev–Trinajstić information content (AvgIpc) is 2.63. The summed E-state index contributed by atoms with van der Waals surface area (Å²) in [6.07, 6.45) is 1.93. The molecule has 1 saturated heterocycles. The Bertz CT molecular complexity index is 331. The topological polar surface area (TPSA) is 71.3 Å². The van der Waals surface area contributed by atoms with E-state index in [-0.39, 0.29) is 5.91 Å². The summed E-state index contributed by atoms with van der Waals surface area (Å²) in [7, 11) is 0. The second-order valence-electron chi connectivity index (χ2n) is 2.80. The van der Waals surface area contributed by atoms with Crippen LogP contribution in [0.4, 0.5) is 4.79 Å². The maximum Gasteiger partial charge on any atom is 0.322 e. The average molecular weight is 180 g/mol. The molecule has 0 saturated carbocycles. The van der Waals surface area contributed by atoms with Gasteiger partial charge in [0.2, 0.25) is 0 Å². The molecule has 1 fully saturated rings. The van der Waals surface area contributed by atoms with Crippen LogP contribution in [0.1, 0.15) is 5.76 Å². The van der Waals surface area contributed by atoms with Gasteiger partial charge in [-0.15, -0.1) is 0 Å². The third-order valence-electron chi connectivity index (χ3n) is 1.84. The number of carbonyl (C=O) groups is 2. The van der Waals surface area contributed by atoms with E-state index in [4.69, 9.17) is 4.42 Å². The van der Waals surface area contributed by atoms with E-state index in [1.54, 1.807) is 12.1 Å². The molecule has 68 valence electrons. The first-order chi connectivity index (χ1) is 6.25. The van der Waals surface area contributed by atoms with E-state index in [0.29, 0.717) is 12.2 Å². The van der Waals surface area contributed by atoms with Crippen LogP contribution in [0.3, 0.4) is 0 Å². The van der Waals surface area contributed by atoms with Gasteiger partial charge >= 0.3 is 6.03 Å². The van der Waals surface area contributed by atoms with Gasteiger partial charge in [0.05, 0.1) is 6.26 Å². The molecule has 0 radical (unpaired) electrons. The summed E-state index contributed by atoms with van der Waals surface area (Å²) in [6, 6.07) is 2.56. The normalized spacial score (nSPS) is 21.4. The van der Waals surface area contributed by atoms with Crippen molar-refractivity contribution >= 4 is 11.9 Å². The molecule has 3 amide bonds. The second-order valence-corrected chi connectivity index (χ2v) is 2.80. The molecule has 1 atom stereocenters. The number of hydrogen-bond acceptors (Lipinski definition) is 3. The van der Waals surface area contributed by atoms with Crippen molar-refractivity contribution in [3.8, 4) is 0 Å². The van der Waals surface area contributed by atoms with E-state index in [0.717, 1.165) is 0 Å². The Hall–Kier alpha value is -1.78. The highest BCUT2D eigenvalue weighted by molar-refractivity contribution is 6.04.